The summed E-state index contributed by atoms with van der Waals surface area (Å²) in [4.78, 5) is 11.6. The first kappa shape index (κ1) is 11.7. The number of rotatable bonds is 4. The summed E-state index contributed by atoms with van der Waals surface area (Å²) in [5, 5.41) is 2.99. The number of halogens is 1. The zero-order valence-corrected chi connectivity index (χ0v) is 9.91. The Hall–Kier alpha value is -1.74. The number of hydrogen-bond donors (Lipinski definition) is 1. The van der Waals surface area contributed by atoms with Crippen molar-refractivity contribution in [3.05, 3.63) is 59.0 Å². The third-order valence-electron chi connectivity index (χ3n) is 2.34. The molecule has 1 heterocycles. The molecule has 2 rings (SSSR count). The van der Waals surface area contributed by atoms with Gasteiger partial charge in [-0.3, -0.25) is 4.79 Å². The van der Waals surface area contributed by atoms with E-state index in [9.17, 15) is 4.79 Å². The topological polar surface area (TPSA) is 42.2 Å². The number of furan rings is 1. The van der Waals surface area contributed by atoms with Crippen molar-refractivity contribution in [2.75, 3.05) is 6.54 Å². The van der Waals surface area contributed by atoms with E-state index in [1.165, 1.54) is 5.56 Å². The van der Waals surface area contributed by atoms with Gasteiger partial charge in [0.15, 0.2) is 11.0 Å². The van der Waals surface area contributed by atoms with Gasteiger partial charge in [-0.1, -0.05) is 30.3 Å². The molecule has 0 aliphatic rings. The minimum atomic E-state index is -0.243. The first-order valence-electron chi connectivity index (χ1n) is 5.33. The van der Waals surface area contributed by atoms with Gasteiger partial charge in [0.05, 0.1) is 0 Å². The summed E-state index contributed by atoms with van der Waals surface area (Å²) >= 11 is 5.59. The summed E-state index contributed by atoms with van der Waals surface area (Å²) in [5.74, 6) is -0.00380. The number of hydrogen-bond acceptors (Lipinski definition) is 2. The van der Waals surface area contributed by atoms with Gasteiger partial charge in [-0.25, -0.2) is 0 Å². The Morgan fingerprint density at radius 2 is 1.94 bits per heavy atom. The lowest BCUT2D eigenvalue weighted by Crippen LogP contribution is -2.25. The Morgan fingerprint density at radius 3 is 2.59 bits per heavy atom. The molecule has 0 bridgehead atoms. The third kappa shape index (κ3) is 3.36. The highest BCUT2D eigenvalue weighted by Crippen LogP contribution is 2.12. The Balaban J connectivity index is 1.81. The van der Waals surface area contributed by atoms with Gasteiger partial charge in [-0.15, -0.1) is 0 Å². The molecule has 0 saturated carbocycles. The molecule has 0 spiro atoms. The standard InChI is InChI=1S/C13H12ClNO2/c14-12-7-6-11(17-12)13(16)15-9-8-10-4-2-1-3-5-10/h1-7H,8-9H2,(H,15,16). The Kier molecular flexibility index (Phi) is 3.83. The van der Waals surface area contributed by atoms with E-state index in [0.29, 0.717) is 6.54 Å². The lowest BCUT2D eigenvalue weighted by molar-refractivity contribution is 0.0926. The van der Waals surface area contributed by atoms with Crippen LogP contribution in [-0.4, -0.2) is 12.5 Å². The van der Waals surface area contributed by atoms with Crippen molar-refractivity contribution >= 4 is 17.5 Å². The van der Waals surface area contributed by atoms with Crippen molar-refractivity contribution in [2.45, 2.75) is 6.42 Å². The van der Waals surface area contributed by atoms with Crippen LogP contribution in [0.25, 0.3) is 0 Å². The summed E-state index contributed by atoms with van der Waals surface area (Å²) in [6, 6.07) is 13.1. The van der Waals surface area contributed by atoms with Gasteiger partial charge in [0.2, 0.25) is 0 Å². The van der Waals surface area contributed by atoms with Crippen molar-refractivity contribution in [3.8, 4) is 0 Å². The van der Waals surface area contributed by atoms with Crippen LogP contribution in [0.15, 0.2) is 46.9 Å². The SMILES string of the molecule is O=C(NCCc1ccccc1)c1ccc(Cl)o1. The zero-order chi connectivity index (χ0) is 12.1. The highest BCUT2D eigenvalue weighted by Gasteiger charge is 2.09. The van der Waals surface area contributed by atoms with Crippen LogP contribution in [-0.2, 0) is 6.42 Å². The van der Waals surface area contributed by atoms with E-state index in [1.807, 2.05) is 30.3 Å². The van der Waals surface area contributed by atoms with Gasteiger partial charge in [0.25, 0.3) is 5.91 Å². The molecular weight excluding hydrogens is 238 g/mol. The molecule has 0 aliphatic carbocycles. The molecule has 1 aromatic carbocycles. The molecular formula is C13H12ClNO2. The van der Waals surface area contributed by atoms with Crippen molar-refractivity contribution in [2.24, 2.45) is 0 Å². The molecule has 0 unspecified atom stereocenters. The number of nitrogens with one attached hydrogen (secondary N) is 1. The first-order chi connectivity index (χ1) is 8.25. The first-order valence-corrected chi connectivity index (χ1v) is 5.71. The molecule has 0 radical (unpaired) electrons. The van der Waals surface area contributed by atoms with Crippen molar-refractivity contribution in [1.82, 2.24) is 5.32 Å². The van der Waals surface area contributed by atoms with E-state index in [2.05, 4.69) is 5.32 Å². The molecule has 88 valence electrons. The zero-order valence-electron chi connectivity index (χ0n) is 9.15. The second-order valence-electron chi connectivity index (χ2n) is 3.60. The van der Waals surface area contributed by atoms with Crippen LogP contribution in [0.3, 0.4) is 0 Å². The van der Waals surface area contributed by atoms with Crippen LogP contribution < -0.4 is 5.32 Å². The maximum Gasteiger partial charge on any atom is 0.287 e. The summed E-state index contributed by atoms with van der Waals surface area (Å²) < 4.78 is 5.00. The molecule has 0 aliphatic heterocycles. The Bertz CT molecular complexity index is 493. The molecule has 2 aromatic rings. The smallest absolute Gasteiger partial charge is 0.287 e. The fourth-order valence-electron chi connectivity index (χ4n) is 1.49. The van der Waals surface area contributed by atoms with Gasteiger partial charge in [-0.05, 0) is 35.7 Å². The largest absolute Gasteiger partial charge is 0.440 e. The molecule has 0 saturated heterocycles. The third-order valence-corrected chi connectivity index (χ3v) is 2.54. The van der Waals surface area contributed by atoms with E-state index < -0.39 is 0 Å². The number of amides is 1. The lowest BCUT2D eigenvalue weighted by atomic mass is 10.1. The lowest BCUT2D eigenvalue weighted by Gasteiger charge is -2.03. The van der Waals surface area contributed by atoms with E-state index in [0.717, 1.165) is 6.42 Å². The summed E-state index contributed by atoms with van der Waals surface area (Å²) in [7, 11) is 0. The summed E-state index contributed by atoms with van der Waals surface area (Å²) in [6.07, 6.45) is 0.793. The minimum Gasteiger partial charge on any atom is -0.440 e. The van der Waals surface area contributed by atoms with Crippen LogP contribution in [0.4, 0.5) is 0 Å². The highest BCUT2D eigenvalue weighted by atomic mass is 35.5. The second kappa shape index (κ2) is 5.55. The van der Waals surface area contributed by atoms with E-state index >= 15 is 0 Å². The van der Waals surface area contributed by atoms with E-state index in [4.69, 9.17) is 16.0 Å². The number of benzene rings is 1. The van der Waals surface area contributed by atoms with Gasteiger partial charge < -0.3 is 9.73 Å². The molecule has 3 nitrogen and oxygen atoms in total. The van der Waals surface area contributed by atoms with Crippen LogP contribution in [0.5, 0.6) is 0 Å². The van der Waals surface area contributed by atoms with Gasteiger partial charge in [0, 0.05) is 6.54 Å². The maximum atomic E-state index is 11.6. The predicted molar refractivity (Wildman–Crippen MR) is 66.2 cm³/mol. The average molecular weight is 250 g/mol. The average Bonchev–Trinajstić information content (AvgIpc) is 2.77. The van der Waals surface area contributed by atoms with Gasteiger partial charge >= 0.3 is 0 Å². The number of carbonyl (C=O) groups excluding carboxylic acids is 1. The van der Waals surface area contributed by atoms with Crippen molar-refractivity contribution in [3.63, 3.8) is 0 Å². The minimum absolute atomic E-state index is 0.221. The fourth-order valence-corrected chi connectivity index (χ4v) is 1.63. The van der Waals surface area contributed by atoms with Crippen LogP contribution in [0.2, 0.25) is 5.22 Å². The predicted octanol–water partition coefficient (Wildman–Crippen LogP) is 2.91. The summed E-state index contributed by atoms with van der Waals surface area (Å²) in [6.45, 7) is 0.571. The molecule has 0 fully saturated rings. The summed E-state index contributed by atoms with van der Waals surface area (Å²) in [5.41, 5.74) is 1.19. The van der Waals surface area contributed by atoms with E-state index in [1.54, 1.807) is 12.1 Å². The van der Waals surface area contributed by atoms with Crippen LogP contribution >= 0.6 is 11.6 Å². The molecule has 1 amide bonds. The maximum absolute atomic E-state index is 11.6. The molecule has 1 N–H and O–H groups in total. The van der Waals surface area contributed by atoms with Gasteiger partial charge in [-0.2, -0.15) is 0 Å². The highest BCUT2D eigenvalue weighted by molar-refractivity contribution is 6.29. The van der Waals surface area contributed by atoms with Crippen LogP contribution in [0, 0.1) is 0 Å². The van der Waals surface area contributed by atoms with Crippen LogP contribution in [0.1, 0.15) is 16.1 Å². The normalized spacial score (nSPS) is 10.2. The fraction of sp³-hybridized carbons (Fsp3) is 0.154. The van der Waals surface area contributed by atoms with E-state index in [-0.39, 0.29) is 16.9 Å². The van der Waals surface area contributed by atoms with Crippen molar-refractivity contribution < 1.29 is 9.21 Å². The molecule has 0 atom stereocenters. The second-order valence-corrected chi connectivity index (χ2v) is 3.97. The van der Waals surface area contributed by atoms with Crippen molar-refractivity contribution in [1.29, 1.82) is 0 Å². The Labute approximate surface area is 104 Å². The quantitative estimate of drug-likeness (QED) is 0.905. The monoisotopic (exact) mass is 249 g/mol. The van der Waals surface area contributed by atoms with Gasteiger partial charge in [0.1, 0.15) is 0 Å². The Morgan fingerprint density at radius 1 is 1.18 bits per heavy atom. The molecule has 1 aromatic heterocycles. The molecule has 4 heteroatoms. The molecule has 17 heavy (non-hydrogen) atoms. The number of carbonyl (C=O) groups is 1.